The first-order valence-corrected chi connectivity index (χ1v) is 8.24. The summed E-state index contributed by atoms with van der Waals surface area (Å²) in [6, 6.07) is 3.42. The second kappa shape index (κ2) is 7.12. The van der Waals surface area contributed by atoms with Crippen molar-refractivity contribution in [2.45, 2.75) is 23.8 Å². The van der Waals surface area contributed by atoms with Crippen LogP contribution in [0.2, 0.25) is 0 Å². The number of nitrogens with one attached hydrogen (secondary N) is 1. The van der Waals surface area contributed by atoms with Crippen molar-refractivity contribution in [3.05, 3.63) is 24.5 Å². The Morgan fingerprint density at radius 3 is 3.10 bits per heavy atom. The molecule has 1 aliphatic rings. The average Bonchev–Trinajstić information content (AvgIpc) is 2.91. The van der Waals surface area contributed by atoms with Gasteiger partial charge < -0.3 is 4.74 Å². The van der Waals surface area contributed by atoms with Crippen LogP contribution in [-0.4, -0.2) is 57.7 Å². The van der Waals surface area contributed by atoms with Crippen LogP contribution in [0.1, 0.15) is 12.8 Å². The second-order valence-corrected chi connectivity index (χ2v) is 6.63. The Hall–Kier alpha value is -1.02. The molecule has 0 bridgehead atoms. The summed E-state index contributed by atoms with van der Waals surface area (Å²) in [4.78, 5) is 6.32. The van der Waals surface area contributed by atoms with Crippen molar-refractivity contribution < 1.29 is 13.2 Å². The summed E-state index contributed by atoms with van der Waals surface area (Å²) in [6.45, 7) is 2.95. The highest BCUT2D eigenvalue weighted by molar-refractivity contribution is 7.89. The molecule has 0 radical (unpaired) electrons. The molecule has 0 amide bonds. The quantitative estimate of drug-likeness (QED) is 0.792. The fourth-order valence-electron chi connectivity index (χ4n) is 2.42. The van der Waals surface area contributed by atoms with Crippen LogP contribution in [0, 0.1) is 0 Å². The molecule has 1 unspecified atom stereocenters. The van der Waals surface area contributed by atoms with E-state index in [0.717, 1.165) is 25.9 Å². The Labute approximate surface area is 120 Å². The molecule has 0 aromatic carbocycles. The normalized spacial score (nSPS) is 20.4. The number of methoxy groups -OCH3 is 1. The summed E-state index contributed by atoms with van der Waals surface area (Å²) in [6.07, 6.45) is 5.03. The molecule has 2 rings (SSSR count). The zero-order chi connectivity index (χ0) is 14.4. The fraction of sp³-hybridized carbons (Fsp3) is 0.615. The Morgan fingerprint density at radius 1 is 1.55 bits per heavy atom. The van der Waals surface area contributed by atoms with Gasteiger partial charge in [0.05, 0.1) is 6.61 Å². The molecule has 20 heavy (non-hydrogen) atoms. The van der Waals surface area contributed by atoms with Gasteiger partial charge in [0.25, 0.3) is 0 Å². The molecule has 1 fully saturated rings. The largest absolute Gasteiger partial charge is 0.383 e. The summed E-state index contributed by atoms with van der Waals surface area (Å²) in [5.41, 5.74) is 0. The maximum Gasteiger partial charge on any atom is 0.242 e. The third kappa shape index (κ3) is 3.99. The van der Waals surface area contributed by atoms with Gasteiger partial charge in [0.15, 0.2) is 0 Å². The Balaban J connectivity index is 1.91. The second-order valence-electron chi connectivity index (χ2n) is 4.87. The van der Waals surface area contributed by atoms with Gasteiger partial charge in [-0.25, -0.2) is 13.1 Å². The first-order valence-electron chi connectivity index (χ1n) is 6.76. The third-order valence-corrected chi connectivity index (χ3v) is 4.94. The van der Waals surface area contributed by atoms with Gasteiger partial charge in [0.1, 0.15) is 4.90 Å². The molecule has 1 aromatic rings. The lowest BCUT2D eigenvalue weighted by Crippen LogP contribution is -2.41. The van der Waals surface area contributed by atoms with Crippen LogP contribution in [0.3, 0.4) is 0 Å². The minimum Gasteiger partial charge on any atom is -0.383 e. The van der Waals surface area contributed by atoms with Crippen molar-refractivity contribution >= 4 is 10.0 Å². The number of hydrogen-bond donors (Lipinski definition) is 1. The number of nitrogens with zero attached hydrogens (tertiary/aromatic N) is 2. The van der Waals surface area contributed by atoms with Gasteiger partial charge in [-0.2, -0.15) is 0 Å². The molecule has 1 N–H and O–H groups in total. The number of likely N-dealkylation sites (tertiary alicyclic amines) is 1. The zero-order valence-corrected chi connectivity index (χ0v) is 12.5. The predicted molar refractivity (Wildman–Crippen MR) is 75.9 cm³/mol. The molecule has 0 saturated carbocycles. The average molecular weight is 299 g/mol. The number of rotatable bonds is 7. The third-order valence-electron chi connectivity index (χ3n) is 3.54. The van der Waals surface area contributed by atoms with E-state index in [4.69, 9.17) is 4.74 Å². The molecular weight excluding hydrogens is 278 g/mol. The first-order chi connectivity index (χ1) is 9.63. The first kappa shape index (κ1) is 15.4. The molecule has 1 aliphatic heterocycles. The van der Waals surface area contributed by atoms with E-state index < -0.39 is 10.0 Å². The fourth-order valence-corrected chi connectivity index (χ4v) is 3.46. The highest BCUT2D eigenvalue weighted by Crippen LogP contribution is 2.16. The molecule has 6 nitrogen and oxygen atoms in total. The number of hydrogen-bond acceptors (Lipinski definition) is 5. The van der Waals surface area contributed by atoms with Gasteiger partial charge in [-0.15, -0.1) is 0 Å². The van der Waals surface area contributed by atoms with E-state index in [1.807, 2.05) is 0 Å². The van der Waals surface area contributed by atoms with E-state index in [-0.39, 0.29) is 10.9 Å². The lowest BCUT2D eigenvalue weighted by Gasteiger charge is -2.24. The number of ether oxygens (including phenoxy) is 1. The van der Waals surface area contributed by atoms with E-state index in [1.54, 1.807) is 25.4 Å². The maximum absolute atomic E-state index is 12.1. The van der Waals surface area contributed by atoms with Crippen molar-refractivity contribution in [2.75, 3.05) is 33.4 Å². The van der Waals surface area contributed by atoms with Gasteiger partial charge >= 0.3 is 0 Å². The summed E-state index contributed by atoms with van der Waals surface area (Å²) in [5.74, 6) is 0. The van der Waals surface area contributed by atoms with Crippen molar-refractivity contribution in [1.82, 2.24) is 14.6 Å². The molecule has 2 heterocycles. The van der Waals surface area contributed by atoms with Gasteiger partial charge in [-0.1, -0.05) is 0 Å². The highest BCUT2D eigenvalue weighted by atomic mass is 32.2. The van der Waals surface area contributed by atoms with E-state index in [9.17, 15) is 8.42 Å². The highest BCUT2D eigenvalue weighted by Gasteiger charge is 2.25. The summed E-state index contributed by atoms with van der Waals surface area (Å²) < 4.78 is 32.0. The molecule has 0 aliphatic carbocycles. The van der Waals surface area contributed by atoms with E-state index in [2.05, 4.69) is 14.6 Å². The molecule has 0 spiro atoms. The summed E-state index contributed by atoms with van der Waals surface area (Å²) >= 11 is 0. The van der Waals surface area contributed by atoms with Crippen molar-refractivity contribution in [3.8, 4) is 0 Å². The zero-order valence-electron chi connectivity index (χ0n) is 11.7. The van der Waals surface area contributed by atoms with Gasteiger partial charge in [-0.3, -0.25) is 9.88 Å². The van der Waals surface area contributed by atoms with Crippen molar-refractivity contribution in [1.29, 1.82) is 0 Å². The van der Waals surface area contributed by atoms with Crippen molar-refractivity contribution in [3.63, 3.8) is 0 Å². The van der Waals surface area contributed by atoms with Gasteiger partial charge in [-0.05, 0) is 31.5 Å². The van der Waals surface area contributed by atoms with Crippen LogP contribution in [0.15, 0.2) is 29.4 Å². The minimum atomic E-state index is -3.46. The molecule has 7 heteroatoms. The maximum atomic E-state index is 12.1. The molecule has 1 saturated heterocycles. The summed E-state index contributed by atoms with van der Waals surface area (Å²) in [7, 11) is -1.79. The molecule has 1 aromatic heterocycles. The van der Waals surface area contributed by atoms with Crippen LogP contribution in [0.4, 0.5) is 0 Å². The van der Waals surface area contributed by atoms with E-state index in [0.29, 0.717) is 13.2 Å². The van der Waals surface area contributed by atoms with Crippen molar-refractivity contribution in [2.24, 2.45) is 0 Å². The molecular formula is C13H21N3O3S. The minimum absolute atomic E-state index is 0.210. The Bertz CT molecular complexity index is 507. The van der Waals surface area contributed by atoms with Crippen LogP contribution >= 0.6 is 0 Å². The smallest absolute Gasteiger partial charge is 0.242 e. The number of aromatic nitrogens is 1. The topological polar surface area (TPSA) is 71.5 Å². The number of pyridine rings is 1. The predicted octanol–water partition coefficient (Wildman–Crippen LogP) is 0.471. The standard InChI is InChI=1S/C13H21N3O3S/c1-19-9-8-16-7-3-4-12(16)10-15-20(17,18)13-5-2-6-14-11-13/h2,5-6,11-12,15H,3-4,7-10H2,1H3. The molecule has 1 atom stereocenters. The van der Waals surface area contributed by atoms with Crippen LogP contribution < -0.4 is 4.72 Å². The Morgan fingerprint density at radius 2 is 2.40 bits per heavy atom. The lowest BCUT2D eigenvalue weighted by atomic mass is 10.2. The van der Waals surface area contributed by atoms with Crippen LogP contribution in [0.25, 0.3) is 0 Å². The van der Waals surface area contributed by atoms with E-state index in [1.165, 1.54) is 6.20 Å². The van der Waals surface area contributed by atoms with E-state index >= 15 is 0 Å². The van der Waals surface area contributed by atoms with Crippen LogP contribution in [0.5, 0.6) is 0 Å². The Kier molecular flexibility index (Phi) is 5.47. The van der Waals surface area contributed by atoms with Gasteiger partial charge in [0, 0.05) is 38.6 Å². The summed E-state index contributed by atoms with van der Waals surface area (Å²) in [5, 5.41) is 0. The SMILES string of the molecule is COCCN1CCCC1CNS(=O)(=O)c1cccnc1. The lowest BCUT2D eigenvalue weighted by molar-refractivity contribution is 0.141. The monoisotopic (exact) mass is 299 g/mol. The number of sulfonamides is 1. The van der Waals surface area contributed by atoms with Gasteiger partial charge in [0.2, 0.25) is 10.0 Å². The molecule has 112 valence electrons. The van der Waals surface area contributed by atoms with Crippen LogP contribution in [-0.2, 0) is 14.8 Å².